The highest BCUT2D eigenvalue weighted by Crippen LogP contribution is 2.33. The van der Waals surface area contributed by atoms with E-state index in [-0.39, 0.29) is 5.41 Å². The van der Waals surface area contributed by atoms with Gasteiger partial charge >= 0.3 is 0 Å². The summed E-state index contributed by atoms with van der Waals surface area (Å²) in [5, 5.41) is 3.63. The maximum atomic E-state index is 3.63. The van der Waals surface area contributed by atoms with E-state index in [0.29, 0.717) is 6.04 Å². The summed E-state index contributed by atoms with van der Waals surface area (Å²) in [6.45, 7) is 10.1. The Kier molecular flexibility index (Phi) is 4.11. The fourth-order valence-electron chi connectivity index (χ4n) is 2.35. The molecule has 1 aromatic carbocycles. The van der Waals surface area contributed by atoms with Gasteiger partial charge in [0.05, 0.1) is 0 Å². The van der Waals surface area contributed by atoms with Crippen molar-refractivity contribution < 1.29 is 0 Å². The van der Waals surface area contributed by atoms with Gasteiger partial charge in [-0.2, -0.15) is 0 Å². The predicted octanol–water partition coefficient (Wildman–Crippen LogP) is 4.26. The number of rotatable bonds is 5. The number of hydrogen-bond acceptors (Lipinski definition) is 1. The van der Waals surface area contributed by atoms with E-state index in [2.05, 4.69) is 57.3 Å². The van der Waals surface area contributed by atoms with Crippen LogP contribution in [0.5, 0.6) is 0 Å². The smallest absolute Gasteiger partial charge is 0.0207 e. The number of benzene rings is 1. The fraction of sp³-hybridized carbons (Fsp3) is 0.647. The Labute approximate surface area is 112 Å². The fourth-order valence-corrected chi connectivity index (χ4v) is 2.35. The van der Waals surface area contributed by atoms with Crippen molar-refractivity contribution in [3.63, 3.8) is 0 Å². The Morgan fingerprint density at radius 2 is 1.78 bits per heavy atom. The Hall–Kier alpha value is -0.820. The highest BCUT2D eigenvalue weighted by molar-refractivity contribution is 5.27. The normalized spacial score (nSPS) is 17.8. The molecule has 1 unspecified atom stereocenters. The molecular weight excluding hydrogens is 218 g/mol. The maximum absolute atomic E-state index is 3.63. The Balaban J connectivity index is 1.82. The lowest BCUT2D eigenvalue weighted by Gasteiger charge is -2.19. The summed E-state index contributed by atoms with van der Waals surface area (Å²) in [5.74, 6) is 1.01. The first-order chi connectivity index (χ1) is 8.45. The van der Waals surface area contributed by atoms with Crippen LogP contribution in [0.15, 0.2) is 24.3 Å². The highest BCUT2D eigenvalue weighted by Gasteiger charge is 2.23. The summed E-state index contributed by atoms with van der Waals surface area (Å²) in [6, 6.07) is 9.71. The van der Waals surface area contributed by atoms with Gasteiger partial charge in [-0.1, -0.05) is 57.9 Å². The van der Waals surface area contributed by atoms with Crippen LogP contribution >= 0.6 is 0 Å². The molecular formula is C17H27N. The Morgan fingerprint density at radius 3 is 2.28 bits per heavy atom. The molecule has 0 bridgehead atoms. The van der Waals surface area contributed by atoms with E-state index in [4.69, 9.17) is 0 Å². The summed E-state index contributed by atoms with van der Waals surface area (Å²) in [4.78, 5) is 0. The van der Waals surface area contributed by atoms with E-state index in [1.165, 1.54) is 30.4 Å². The van der Waals surface area contributed by atoms with E-state index in [1.54, 1.807) is 0 Å². The molecule has 1 aliphatic carbocycles. The van der Waals surface area contributed by atoms with Crippen molar-refractivity contribution in [3.05, 3.63) is 35.4 Å². The number of nitrogens with one attached hydrogen (secondary N) is 1. The molecule has 0 spiro atoms. The largest absolute Gasteiger partial charge is 0.310 e. The molecule has 0 radical (unpaired) electrons. The van der Waals surface area contributed by atoms with E-state index in [1.807, 2.05) is 0 Å². The molecule has 1 saturated carbocycles. The van der Waals surface area contributed by atoms with Gasteiger partial charge in [0.1, 0.15) is 0 Å². The van der Waals surface area contributed by atoms with Gasteiger partial charge in [0.2, 0.25) is 0 Å². The third-order valence-corrected chi connectivity index (χ3v) is 3.86. The van der Waals surface area contributed by atoms with Gasteiger partial charge in [-0.3, -0.25) is 0 Å². The zero-order valence-corrected chi connectivity index (χ0v) is 12.3. The number of hydrogen-bond donors (Lipinski definition) is 1. The van der Waals surface area contributed by atoms with E-state index < -0.39 is 0 Å². The zero-order chi connectivity index (χ0) is 13.2. The first-order valence-corrected chi connectivity index (χ1v) is 7.28. The molecule has 18 heavy (non-hydrogen) atoms. The average Bonchev–Trinajstić information content (AvgIpc) is 3.10. The minimum atomic E-state index is 0.255. The average molecular weight is 245 g/mol. The maximum Gasteiger partial charge on any atom is 0.0207 e. The minimum Gasteiger partial charge on any atom is -0.310 e. The van der Waals surface area contributed by atoms with Gasteiger partial charge in [0.15, 0.2) is 0 Å². The second kappa shape index (κ2) is 5.44. The summed E-state index contributed by atoms with van der Waals surface area (Å²) in [6.07, 6.45) is 4.25. The van der Waals surface area contributed by atoms with Crippen molar-refractivity contribution in [1.29, 1.82) is 0 Å². The van der Waals surface area contributed by atoms with Crippen molar-refractivity contribution >= 4 is 0 Å². The van der Waals surface area contributed by atoms with Gasteiger partial charge in [-0.05, 0) is 35.8 Å². The van der Waals surface area contributed by atoms with E-state index >= 15 is 0 Å². The quantitative estimate of drug-likeness (QED) is 0.817. The molecule has 0 amide bonds. The van der Waals surface area contributed by atoms with Gasteiger partial charge in [0, 0.05) is 12.6 Å². The monoisotopic (exact) mass is 245 g/mol. The van der Waals surface area contributed by atoms with Gasteiger partial charge in [-0.15, -0.1) is 0 Å². The van der Waals surface area contributed by atoms with E-state index in [9.17, 15) is 0 Å². The second-order valence-corrected chi connectivity index (χ2v) is 6.91. The molecule has 1 fully saturated rings. The molecule has 1 heteroatoms. The van der Waals surface area contributed by atoms with Gasteiger partial charge in [0.25, 0.3) is 0 Å². The van der Waals surface area contributed by atoms with Gasteiger partial charge in [-0.25, -0.2) is 0 Å². The van der Waals surface area contributed by atoms with Crippen molar-refractivity contribution in [2.75, 3.05) is 0 Å². The highest BCUT2D eigenvalue weighted by atomic mass is 14.9. The molecule has 2 rings (SSSR count). The molecule has 1 aromatic rings. The van der Waals surface area contributed by atoms with Crippen LogP contribution in [0.25, 0.3) is 0 Å². The molecule has 0 heterocycles. The predicted molar refractivity (Wildman–Crippen MR) is 78.8 cm³/mol. The van der Waals surface area contributed by atoms with Crippen LogP contribution in [0.1, 0.15) is 58.1 Å². The lowest BCUT2D eigenvalue weighted by molar-refractivity contribution is 0.487. The Morgan fingerprint density at radius 1 is 1.17 bits per heavy atom. The molecule has 100 valence electrons. The first-order valence-electron chi connectivity index (χ1n) is 7.28. The van der Waals surface area contributed by atoms with Gasteiger partial charge < -0.3 is 5.32 Å². The molecule has 0 aliphatic heterocycles. The molecule has 0 aromatic heterocycles. The van der Waals surface area contributed by atoms with Crippen molar-refractivity contribution in [2.45, 2.75) is 65.0 Å². The lowest BCUT2D eigenvalue weighted by atomic mass is 9.87. The first kappa shape index (κ1) is 13.6. The van der Waals surface area contributed by atoms with Crippen LogP contribution in [0.4, 0.5) is 0 Å². The van der Waals surface area contributed by atoms with Crippen LogP contribution in [0.3, 0.4) is 0 Å². The lowest BCUT2D eigenvalue weighted by Crippen LogP contribution is -2.25. The van der Waals surface area contributed by atoms with Crippen molar-refractivity contribution in [1.82, 2.24) is 5.32 Å². The van der Waals surface area contributed by atoms with Crippen molar-refractivity contribution in [2.24, 2.45) is 5.92 Å². The van der Waals surface area contributed by atoms with Crippen LogP contribution in [0, 0.1) is 5.92 Å². The molecule has 0 saturated heterocycles. The zero-order valence-electron chi connectivity index (χ0n) is 12.3. The summed E-state index contributed by atoms with van der Waals surface area (Å²) in [7, 11) is 0. The molecule has 1 atom stereocenters. The second-order valence-electron chi connectivity index (χ2n) is 6.91. The van der Waals surface area contributed by atoms with Crippen LogP contribution in [-0.4, -0.2) is 6.04 Å². The minimum absolute atomic E-state index is 0.255. The molecule has 1 nitrogen and oxygen atoms in total. The third kappa shape index (κ3) is 4.13. The Bertz CT molecular complexity index is 368. The third-order valence-electron chi connectivity index (χ3n) is 3.86. The summed E-state index contributed by atoms with van der Waals surface area (Å²) < 4.78 is 0. The van der Waals surface area contributed by atoms with Crippen molar-refractivity contribution in [3.8, 4) is 0 Å². The van der Waals surface area contributed by atoms with Crippen LogP contribution in [0.2, 0.25) is 0 Å². The summed E-state index contributed by atoms with van der Waals surface area (Å²) >= 11 is 0. The SMILES string of the molecule is CC(CC1CC1)NCc1ccc(C(C)(C)C)cc1. The molecule has 1 aliphatic rings. The van der Waals surface area contributed by atoms with Crippen LogP contribution in [-0.2, 0) is 12.0 Å². The van der Waals surface area contributed by atoms with E-state index in [0.717, 1.165) is 12.5 Å². The topological polar surface area (TPSA) is 12.0 Å². The molecule has 1 N–H and O–H groups in total. The summed E-state index contributed by atoms with van der Waals surface area (Å²) in [5.41, 5.74) is 3.06. The standard InChI is InChI=1S/C17H27N/c1-13(11-14-5-6-14)18-12-15-7-9-16(10-8-15)17(2,3)4/h7-10,13-14,18H,5-6,11-12H2,1-4H3. The van der Waals surface area contributed by atoms with Crippen LogP contribution < -0.4 is 5.32 Å².